The Morgan fingerprint density at radius 1 is 0.390 bits per heavy atom. The minimum atomic E-state index is -0.664. The fourth-order valence-corrected chi connectivity index (χ4v) is 4.69. The Labute approximate surface area is 298 Å². The second-order valence-electron chi connectivity index (χ2n) is 11.5. The van der Waals surface area contributed by atoms with Gasteiger partial charge in [-0.1, -0.05) is 141 Å². The molecule has 0 heterocycles. The van der Waals surface area contributed by atoms with Crippen molar-refractivity contribution < 1.29 is 19.8 Å². The van der Waals surface area contributed by atoms with E-state index in [1.807, 2.05) is 0 Å². The molecular weight excluding hydrogens is 535 g/mol. The van der Waals surface area contributed by atoms with Crippen LogP contribution in [0.2, 0.25) is 0 Å². The third-order valence-corrected chi connectivity index (χ3v) is 7.30. The van der Waals surface area contributed by atoms with Crippen LogP contribution in [0.25, 0.3) is 0 Å². The van der Waals surface area contributed by atoms with Crippen LogP contribution in [-0.2, 0) is 9.59 Å². The number of hydrogen-bond donors (Lipinski definition) is 2. The van der Waals surface area contributed by atoms with E-state index in [0.29, 0.717) is 12.8 Å². The van der Waals surface area contributed by atoms with E-state index < -0.39 is 11.9 Å². The largest absolute Gasteiger partial charge is 0.481 e. The van der Waals surface area contributed by atoms with E-state index in [0.717, 1.165) is 25.7 Å². The topological polar surface area (TPSA) is 74.6 Å². The van der Waals surface area contributed by atoms with Crippen molar-refractivity contribution in [2.45, 2.75) is 194 Å². The maximum atomic E-state index is 10.3. The molecule has 41 heavy (non-hydrogen) atoms. The van der Waals surface area contributed by atoms with Crippen molar-refractivity contribution >= 4 is 63.3 Å². The van der Waals surface area contributed by atoms with E-state index in [9.17, 15) is 9.59 Å². The molecule has 0 atom stereocenters. The molecular formula is C36H68KO4. The summed E-state index contributed by atoms with van der Waals surface area (Å²) in [4.78, 5) is 20.6. The van der Waals surface area contributed by atoms with Crippen LogP contribution in [0, 0.1) is 0 Å². The van der Waals surface area contributed by atoms with Gasteiger partial charge >= 0.3 is 11.9 Å². The summed E-state index contributed by atoms with van der Waals surface area (Å²) < 4.78 is 0. The standard InChI is InChI=1S/2C18H34O2.K/c2*1-2-3-4-5-6-7-8-9-10-11-12-13-14-15-16-17-18(19)20;/h2*9-10H,2-8,11-17H2,1H3,(H,19,20);/b2*10-9-;. The second kappa shape index (κ2) is 42.2. The zero-order valence-corrected chi connectivity index (χ0v) is 30.9. The van der Waals surface area contributed by atoms with Gasteiger partial charge in [-0.25, -0.2) is 0 Å². The van der Waals surface area contributed by atoms with Gasteiger partial charge in [0, 0.05) is 64.2 Å². The zero-order valence-electron chi connectivity index (χ0n) is 27.8. The minimum Gasteiger partial charge on any atom is -0.481 e. The van der Waals surface area contributed by atoms with E-state index in [1.165, 1.54) is 141 Å². The van der Waals surface area contributed by atoms with Gasteiger partial charge in [0.25, 0.3) is 0 Å². The first-order valence-corrected chi connectivity index (χ1v) is 17.3. The Hall–Kier alpha value is 0.0564. The van der Waals surface area contributed by atoms with Crippen LogP contribution in [0.4, 0.5) is 0 Å². The molecule has 0 aliphatic rings. The maximum Gasteiger partial charge on any atom is 0.303 e. The van der Waals surface area contributed by atoms with Crippen molar-refractivity contribution in [1.82, 2.24) is 0 Å². The van der Waals surface area contributed by atoms with Crippen molar-refractivity contribution in [3.63, 3.8) is 0 Å². The number of aliphatic carboxylic acids is 2. The molecule has 2 N–H and O–H groups in total. The second-order valence-corrected chi connectivity index (χ2v) is 11.5. The van der Waals surface area contributed by atoms with Crippen molar-refractivity contribution in [3.05, 3.63) is 24.3 Å². The maximum absolute atomic E-state index is 10.3. The van der Waals surface area contributed by atoms with Crippen molar-refractivity contribution in [2.24, 2.45) is 0 Å². The van der Waals surface area contributed by atoms with Crippen LogP contribution < -0.4 is 0 Å². The number of rotatable bonds is 30. The Bertz CT molecular complexity index is 524. The van der Waals surface area contributed by atoms with Gasteiger partial charge in [0.05, 0.1) is 0 Å². The summed E-state index contributed by atoms with van der Waals surface area (Å²) in [5.74, 6) is -1.33. The Morgan fingerprint density at radius 2 is 0.610 bits per heavy atom. The fraction of sp³-hybridized carbons (Fsp3) is 0.833. The normalized spacial score (nSPS) is 11.0. The molecule has 0 fully saturated rings. The first-order valence-electron chi connectivity index (χ1n) is 17.3. The van der Waals surface area contributed by atoms with Crippen molar-refractivity contribution in [3.8, 4) is 0 Å². The van der Waals surface area contributed by atoms with Gasteiger partial charge in [0.1, 0.15) is 0 Å². The summed E-state index contributed by atoms with van der Waals surface area (Å²) in [6.07, 6.45) is 42.5. The molecule has 4 nitrogen and oxygen atoms in total. The van der Waals surface area contributed by atoms with E-state index in [-0.39, 0.29) is 51.4 Å². The summed E-state index contributed by atoms with van der Waals surface area (Å²) in [5.41, 5.74) is 0. The van der Waals surface area contributed by atoms with Gasteiger partial charge in [-0.05, 0) is 64.2 Å². The molecule has 5 heteroatoms. The molecule has 0 saturated heterocycles. The van der Waals surface area contributed by atoms with Crippen LogP contribution in [0.1, 0.15) is 194 Å². The van der Waals surface area contributed by atoms with Crippen molar-refractivity contribution in [2.75, 3.05) is 0 Å². The Balaban J connectivity index is -0.000000688. The predicted molar refractivity (Wildman–Crippen MR) is 180 cm³/mol. The van der Waals surface area contributed by atoms with Gasteiger partial charge in [-0.3, -0.25) is 9.59 Å². The first kappa shape index (κ1) is 45.5. The Morgan fingerprint density at radius 3 is 0.854 bits per heavy atom. The van der Waals surface area contributed by atoms with Gasteiger partial charge in [0.2, 0.25) is 0 Å². The average Bonchev–Trinajstić information content (AvgIpc) is 2.93. The molecule has 237 valence electrons. The smallest absolute Gasteiger partial charge is 0.303 e. The molecule has 0 spiro atoms. The van der Waals surface area contributed by atoms with Crippen LogP contribution in [0.3, 0.4) is 0 Å². The molecule has 0 saturated carbocycles. The summed E-state index contributed by atoms with van der Waals surface area (Å²) in [7, 11) is 0. The van der Waals surface area contributed by atoms with Crippen LogP contribution >= 0.6 is 0 Å². The summed E-state index contributed by atoms with van der Waals surface area (Å²) in [5, 5.41) is 17.0. The quantitative estimate of drug-likeness (QED) is 0.0486. The molecule has 1 radical (unpaired) electrons. The van der Waals surface area contributed by atoms with Crippen LogP contribution in [0.15, 0.2) is 24.3 Å². The number of unbranched alkanes of at least 4 members (excludes halogenated alkanes) is 22. The fourth-order valence-electron chi connectivity index (χ4n) is 4.69. The zero-order chi connectivity index (χ0) is 29.8. The number of hydrogen-bond acceptors (Lipinski definition) is 2. The molecule has 0 aromatic rings. The third kappa shape index (κ3) is 50.0. The molecule has 0 aliphatic carbocycles. The molecule has 0 aliphatic heterocycles. The molecule has 0 aromatic heterocycles. The SMILES string of the molecule is CCCCCCCC/C=C\CCCCCCCC(=O)O.CCCCCCCC/C=C\CCCCCCCC(=O)O.[K]. The third-order valence-electron chi connectivity index (χ3n) is 7.30. The van der Waals surface area contributed by atoms with E-state index in [1.54, 1.807) is 0 Å². The molecule has 0 aromatic carbocycles. The van der Waals surface area contributed by atoms with E-state index in [4.69, 9.17) is 10.2 Å². The van der Waals surface area contributed by atoms with Gasteiger partial charge in [0.15, 0.2) is 0 Å². The van der Waals surface area contributed by atoms with Crippen LogP contribution in [-0.4, -0.2) is 73.5 Å². The number of carboxylic acids is 2. The minimum absolute atomic E-state index is 0. The monoisotopic (exact) mass is 603 g/mol. The van der Waals surface area contributed by atoms with E-state index >= 15 is 0 Å². The van der Waals surface area contributed by atoms with Gasteiger partial charge in [-0.15, -0.1) is 0 Å². The summed E-state index contributed by atoms with van der Waals surface area (Å²) in [6, 6.07) is 0. The number of carboxylic acid groups (broad SMARTS) is 2. The van der Waals surface area contributed by atoms with Crippen LogP contribution in [0.5, 0.6) is 0 Å². The molecule has 0 rings (SSSR count). The molecule has 0 amide bonds. The molecule has 0 bridgehead atoms. The van der Waals surface area contributed by atoms with E-state index in [2.05, 4.69) is 38.2 Å². The van der Waals surface area contributed by atoms with Gasteiger partial charge < -0.3 is 10.2 Å². The Kier molecular flexibility index (Phi) is 46.8. The number of carbonyl (C=O) groups is 2. The van der Waals surface area contributed by atoms with Crippen molar-refractivity contribution in [1.29, 1.82) is 0 Å². The van der Waals surface area contributed by atoms with Gasteiger partial charge in [-0.2, -0.15) is 0 Å². The summed E-state index contributed by atoms with van der Waals surface area (Å²) >= 11 is 0. The predicted octanol–water partition coefficient (Wildman–Crippen LogP) is 11.8. The average molecular weight is 604 g/mol. The number of allylic oxidation sites excluding steroid dienone is 4. The molecule has 0 unspecified atom stereocenters. The first-order chi connectivity index (χ1) is 19.5. The summed E-state index contributed by atoms with van der Waals surface area (Å²) in [6.45, 7) is 4.52.